The second-order valence-electron chi connectivity index (χ2n) is 7.03. The van der Waals surface area contributed by atoms with Crippen LogP contribution in [0.25, 0.3) is 11.6 Å². The third-order valence-electron chi connectivity index (χ3n) is 4.70. The summed E-state index contributed by atoms with van der Waals surface area (Å²) in [6.07, 6.45) is 5.38. The number of aromatic nitrogens is 4. The van der Waals surface area contributed by atoms with E-state index in [0.29, 0.717) is 30.6 Å². The summed E-state index contributed by atoms with van der Waals surface area (Å²) in [6.45, 7) is 3.85. The Balaban J connectivity index is 1.37. The Morgan fingerprint density at radius 3 is 2.79 bits per heavy atom. The summed E-state index contributed by atoms with van der Waals surface area (Å²) in [4.78, 5) is 27.4. The number of benzene rings is 1. The Bertz CT molecular complexity index is 925. The third-order valence-corrected chi connectivity index (χ3v) is 4.70. The number of amides is 1. The van der Waals surface area contributed by atoms with Crippen molar-refractivity contribution in [3.63, 3.8) is 0 Å². The molecule has 1 amide bonds. The molecule has 3 aromatic rings. The molecule has 0 bridgehead atoms. The molecular weight excluding hydrogens is 356 g/mol. The zero-order valence-corrected chi connectivity index (χ0v) is 15.7. The molecule has 1 N–H and O–H groups in total. The van der Waals surface area contributed by atoms with Crippen LogP contribution in [0.4, 0.5) is 5.69 Å². The van der Waals surface area contributed by atoms with Crippen molar-refractivity contribution in [3.05, 3.63) is 54.2 Å². The van der Waals surface area contributed by atoms with E-state index in [2.05, 4.69) is 30.3 Å². The summed E-state index contributed by atoms with van der Waals surface area (Å²) in [5.41, 5.74) is 1.78. The van der Waals surface area contributed by atoms with E-state index in [1.807, 2.05) is 37.3 Å². The number of piperidine rings is 1. The van der Waals surface area contributed by atoms with Crippen molar-refractivity contribution >= 4 is 11.6 Å². The van der Waals surface area contributed by atoms with Crippen molar-refractivity contribution in [2.45, 2.75) is 25.7 Å². The number of carbonyl (C=O) groups is 1. The predicted molar refractivity (Wildman–Crippen MR) is 104 cm³/mol. The summed E-state index contributed by atoms with van der Waals surface area (Å²) in [5.74, 6) is 1.51. The first-order valence-electron chi connectivity index (χ1n) is 9.37. The smallest absolute Gasteiger partial charge is 0.240 e. The molecule has 3 heterocycles. The van der Waals surface area contributed by atoms with E-state index in [0.717, 1.165) is 30.6 Å². The Hall–Kier alpha value is -3.13. The summed E-state index contributed by atoms with van der Waals surface area (Å²) < 4.78 is 5.47. The second-order valence-corrected chi connectivity index (χ2v) is 7.03. The maximum absolute atomic E-state index is 12.3. The van der Waals surface area contributed by atoms with Crippen LogP contribution in [0.3, 0.4) is 0 Å². The van der Waals surface area contributed by atoms with E-state index in [-0.39, 0.29) is 11.8 Å². The lowest BCUT2D eigenvalue weighted by atomic mass is 9.98. The quantitative estimate of drug-likeness (QED) is 0.729. The van der Waals surface area contributed by atoms with E-state index in [9.17, 15) is 4.79 Å². The van der Waals surface area contributed by atoms with Gasteiger partial charge >= 0.3 is 0 Å². The average Bonchev–Trinajstić information content (AvgIpc) is 3.20. The van der Waals surface area contributed by atoms with Crippen LogP contribution in [0.5, 0.6) is 0 Å². The van der Waals surface area contributed by atoms with Gasteiger partial charge in [0.05, 0.1) is 12.5 Å². The second kappa shape index (κ2) is 8.26. The molecule has 1 fully saturated rings. The summed E-state index contributed by atoms with van der Waals surface area (Å²) in [6, 6.07) is 9.48. The normalized spacial score (nSPS) is 17.4. The Morgan fingerprint density at radius 1 is 1.21 bits per heavy atom. The number of aryl methyl sites for hydroxylation is 1. The standard InChI is InChI=1S/C20H22N6O2/c1-14-10-21-18(22-11-14)19-24-20(28-25-19)15-6-5-9-26(12-15)13-17(27)23-16-7-3-2-4-8-16/h2-4,7-8,10-11,15H,5-6,9,12-13H2,1H3,(H,23,27). The van der Waals surface area contributed by atoms with Gasteiger partial charge in [0, 0.05) is 24.6 Å². The molecule has 1 atom stereocenters. The number of para-hydroxylation sites is 1. The van der Waals surface area contributed by atoms with Gasteiger partial charge in [-0.05, 0) is 44.0 Å². The number of likely N-dealkylation sites (tertiary alicyclic amines) is 1. The largest absolute Gasteiger partial charge is 0.339 e. The van der Waals surface area contributed by atoms with E-state index < -0.39 is 0 Å². The van der Waals surface area contributed by atoms with Gasteiger partial charge in [-0.1, -0.05) is 23.4 Å². The fourth-order valence-corrected chi connectivity index (χ4v) is 3.33. The molecule has 4 rings (SSSR count). The zero-order chi connectivity index (χ0) is 19.3. The molecule has 144 valence electrons. The topological polar surface area (TPSA) is 97.0 Å². The van der Waals surface area contributed by atoms with Crippen LogP contribution >= 0.6 is 0 Å². The van der Waals surface area contributed by atoms with Gasteiger partial charge in [0.2, 0.25) is 23.4 Å². The lowest BCUT2D eigenvalue weighted by molar-refractivity contribution is -0.117. The van der Waals surface area contributed by atoms with E-state index >= 15 is 0 Å². The fraction of sp³-hybridized carbons (Fsp3) is 0.350. The monoisotopic (exact) mass is 378 g/mol. The number of nitrogens with zero attached hydrogens (tertiary/aromatic N) is 5. The Kier molecular flexibility index (Phi) is 5.38. The number of anilines is 1. The van der Waals surface area contributed by atoms with Gasteiger partial charge in [-0.25, -0.2) is 9.97 Å². The minimum Gasteiger partial charge on any atom is -0.339 e. The van der Waals surface area contributed by atoms with Gasteiger partial charge in [0.15, 0.2) is 0 Å². The number of carbonyl (C=O) groups excluding carboxylic acids is 1. The van der Waals surface area contributed by atoms with Crippen molar-refractivity contribution in [1.29, 1.82) is 0 Å². The highest BCUT2D eigenvalue weighted by atomic mass is 16.5. The molecular formula is C20H22N6O2. The molecule has 1 aliphatic rings. The summed E-state index contributed by atoms with van der Waals surface area (Å²) in [7, 11) is 0. The lowest BCUT2D eigenvalue weighted by Gasteiger charge is -2.30. The minimum absolute atomic E-state index is 0.0221. The van der Waals surface area contributed by atoms with E-state index in [1.54, 1.807) is 12.4 Å². The number of hydrogen-bond acceptors (Lipinski definition) is 7. The van der Waals surface area contributed by atoms with Gasteiger partial charge in [-0.3, -0.25) is 9.69 Å². The SMILES string of the molecule is Cc1cnc(-c2noc(C3CCCN(CC(=O)Nc4ccccc4)C3)n2)nc1. The number of hydrogen-bond donors (Lipinski definition) is 1. The maximum Gasteiger partial charge on any atom is 0.240 e. The molecule has 0 spiro atoms. The van der Waals surface area contributed by atoms with Gasteiger partial charge in [-0.15, -0.1) is 0 Å². The lowest BCUT2D eigenvalue weighted by Crippen LogP contribution is -2.39. The van der Waals surface area contributed by atoms with Crippen LogP contribution in [-0.4, -0.2) is 50.5 Å². The van der Waals surface area contributed by atoms with Crippen LogP contribution in [0.1, 0.15) is 30.2 Å². The van der Waals surface area contributed by atoms with Crippen molar-refractivity contribution in [2.24, 2.45) is 0 Å². The maximum atomic E-state index is 12.3. The molecule has 1 aliphatic heterocycles. The molecule has 1 aromatic carbocycles. The minimum atomic E-state index is -0.0221. The predicted octanol–water partition coefficient (Wildman–Crippen LogP) is 2.65. The molecule has 28 heavy (non-hydrogen) atoms. The number of rotatable bonds is 5. The van der Waals surface area contributed by atoms with Crippen LogP contribution in [0.15, 0.2) is 47.2 Å². The highest BCUT2D eigenvalue weighted by molar-refractivity contribution is 5.92. The first-order chi connectivity index (χ1) is 13.7. The highest BCUT2D eigenvalue weighted by Crippen LogP contribution is 2.26. The fourth-order valence-electron chi connectivity index (χ4n) is 3.33. The van der Waals surface area contributed by atoms with Crippen LogP contribution in [0, 0.1) is 6.92 Å². The average molecular weight is 378 g/mol. The molecule has 0 aliphatic carbocycles. The van der Waals surface area contributed by atoms with Gasteiger partial charge in [-0.2, -0.15) is 4.98 Å². The molecule has 0 saturated carbocycles. The first kappa shape index (κ1) is 18.2. The third kappa shape index (κ3) is 4.40. The zero-order valence-electron chi connectivity index (χ0n) is 15.7. The van der Waals surface area contributed by atoms with Crippen LogP contribution in [0.2, 0.25) is 0 Å². The highest BCUT2D eigenvalue weighted by Gasteiger charge is 2.27. The van der Waals surface area contributed by atoms with E-state index in [1.165, 1.54) is 0 Å². The van der Waals surface area contributed by atoms with Gasteiger partial charge in [0.1, 0.15) is 0 Å². The molecule has 8 heteroatoms. The first-order valence-corrected chi connectivity index (χ1v) is 9.37. The van der Waals surface area contributed by atoms with Crippen LogP contribution in [-0.2, 0) is 4.79 Å². The Morgan fingerprint density at radius 2 is 2.00 bits per heavy atom. The van der Waals surface area contributed by atoms with Crippen molar-refractivity contribution in [1.82, 2.24) is 25.0 Å². The van der Waals surface area contributed by atoms with Gasteiger partial charge < -0.3 is 9.84 Å². The molecule has 0 radical (unpaired) electrons. The molecule has 2 aromatic heterocycles. The molecule has 1 unspecified atom stereocenters. The van der Waals surface area contributed by atoms with Gasteiger partial charge in [0.25, 0.3) is 0 Å². The Labute approximate surface area is 163 Å². The van der Waals surface area contributed by atoms with Crippen LogP contribution < -0.4 is 5.32 Å². The van der Waals surface area contributed by atoms with Crippen molar-refractivity contribution in [3.8, 4) is 11.6 Å². The van der Waals surface area contributed by atoms with Crippen molar-refractivity contribution in [2.75, 3.05) is 25.0 Å². The number of nitrogens with one attached hydrogen (secondary N) is 1. The van der Waals surface area contributed by atoms with Crippen molar-refractivity contribution < 1.29 is 9.32 Å². The molecule has 1 saturated heterocycles. The summed E-state index contributed by atoms with van der Waals surface area (Å²) in [5, 5.41) is 6.95. The molecule has 8 nitrogen and oxygen atoms in total. The summed E-state index contributed by atoms with van der Waals surface area (Å²) >= 11 is 0. The van der Waals surface area contributed by atoms with E-state index in [4.69, 9.17) is 4.52 Å².